The van der Waals surface area contributed by atoms with Gasteiger partial charge in [0, 0.05) is 11.3 Å². The predicted octanol–water partition coefficient (Wildman–Crippen LogP) is 5.30. The van der Waals surface area contributed by atoms with Gasteiger partial charge in [-0.15, -0.1) is 22.9 Å². The number of halogens is 1. The molecule has 2 aromatic carbocycles. The van der Waals surface area contributed by atoms with Gasteiger partial charge in [0.15, 0.2) is 10.8 Å². The van der Waals surface area contributed by atoms with Crippen LogP contribution in [-0.4, -0.2) is 23.5 Å². The molecule has 1 amide bonds. The van der Waals surface area contributed by atoms with Gasteiger partial charge < -0.3 is 10.1 Å². The van der Waals surface area contributed by atoms with Crippen LogP contribution in [0.25, 0.3) is 0 Å². The van der Waals surface area contributed by atoms with Crippen molar-refractivity contribution in [2.75, 3.05) is 11.9 Å². The highest BCUT2D eigenvalue weighted by atomic mass is 35.5. The number of hydrogen-bond acceptors (Lipinski definition) is 5. The molecule has 0 saturated heterocycles. The van der Waals surface area contributed by atoms with Gasteiger partial charge in [-0.25, -0.2) is 9.78 Å². The van der Waals surface area contributed by atoms with E-state index in [1.165, 1.54) is 11.3 Å². The zero-order chi connectivity index (χ0) is 21.8. The molecular weight excluding hydrogens is 432 g/mol. The van der Waals surface area contributed by atoms with E-state index in [9.17, 15) is 9.59 Å². The fourth-order valence-corrected chi connectivity index (χ4v) is 6.39. The summed E-state index contributed by atoms with van der Waals surface area (Å²) in [5.74, 6) is -0.772. The largest absolute Gasteiger partial charge is 0.461 e. The highest BCUT2D eigenvalue weighted by Gasteiger charge is 2.60. The maximum absolute atomic E-state index is 13.6. The minimum absolute atomic E-state index is 0.120. The predicted molar refractivity (Wildman–Crippen MR) is 121 cm³/mol. The summed E-state index contributed by atoms with van der Waals surface area (Å²) in [5.41, 5.74) is 3.74. The molecule has 1 unspecified atom stereocenters. The summed E-state index contributed by atoms with van der Waals surface area (Å²) in [5, 5.41) is 4.90. The number of rotatable bonds is 4. The summed E-state index contributed by atoms with van der Waals surface area (Å²) in [7, 11) is 0. The van der Waals surface area contributed by atoms with Crippen molar-refractivity contribution in [1.29, 1.82) is 0 Å². The highest BCUT2D eigenvalue weighted by Crippen LogP contribution is 2.65. The van der Waals surface area contributed by atoms with Crippen LogP contribution >= 0.6 is 22.9 Å². The normalized spacial score (nSPS) is 25.5. The third-order valence-corrected chi connectivity index (χ3v) is 7.67. The molecule has 1 atom stereocenters. The molecule has 0 saturated carbocycles. The number of alkyl halides is 1. The van der Waals surface area contributed by atoms with E-state index in [4.69, 9.17) is 16.3 Å². The molecule has 0 radical (unpaired) electrons. The Bertz CT molecular complexity index is 1160. The Morgan fingerprint density at radius 1 is 1.16 bits per heavy atom. The molecule has 5 nitrogen and oxygen atoms in total. The Morgan fingerprint density at radius 2 is 1.77 bits per heavy atom. The molecule has 1 heterocycles. The Labute approximate surface area is 189 Å². The first-order chi connectivity index (χ1) is 14.9. The standard InChI is InChI=1S/C24H21ClN2O3S/c1-3-30-20(28)18-12-31-22(26-18)27-21(29)23(2)13-24(25)16-10-6-4-8-14(16)19(23)15-9-5-7-11-17(15)24/h4-12,19H,3,13H2,1-2H3,(H,26,27,29). The van der Waals surface area contributed by atoms with Gasteiger partial charge >= 0.3 is 5.97 Å². The van der Waals surface area contributed by atoms with Gasteiger partial charge in [-0.2, -0.15) is 0 Å². The number of nitrogens with zero attached hydrogens (tertiary/aromatic N) is 1. The van der Waals surface area contributed by atoms with Gasteiger partial charge in [0.25, 0.3) is 0 Å². The molecule has 3 aliphatic rings. The summed E-state index contributed by atoms with van der Waals surface area (Å²) >= 11 is 8.52. The number of carbonyl (C=O) groups is 2. The van der Waals surface area contributed by atoms with Crippen molar-refractivity contribution in [3.8, 4) is 0 Å². The van der Waals surface area contributed by atoms with Crippen LogP contribution < -0.4 is 5.32 Å². The SMILES string of the molecule is CCOC(=O)c1csc(NC(=O)C2(C)CC3(Cl)c4ccccc4C2c2ccccc23)n1. The zero-order valence-corrected chi connectivity index (χ0v) is 18.7. The van der Waals surface area contributed by atoms with Crippen LogP contribution in [0.5, 0.6) is 0 Å². The van der Waals surface area contributed by atoms with E-state index in [0.29, 0.717) is 11.6 Å². The lowest BCUT2D eigenvalue weighted by Crippen LogP contribution is -2.52. The van der Waals surface area contributed by atoms with Crippen LogP contribution in [0.2, 0.25) is 0 Å². The molecule has 2 bridgehead atoms. The summed E-state index contributed by atoms with van der Waals surface area (Å²) in [6.07, 6.45) is 0.474. The summed E-state index contributed by atoms with van der Waals surface area (Å²) in [6.45, 7) is 3.98. The first-order valence-corrected chi connectivity index (χ1v) is 11.5. The molecule has 0 aliphatic heterocycles. The average Bonchev–Trinajstić information content (AvgIpc) is 3.23. The molecule has 158 valence electrons. The summed E-state index contributed by atoms with van der Waals surface area (Å²) < 4.78 is 4.99. The lowest BCUT2D eigenvalue weighted by atomic mass is 9.52. The Morgan fingerprint density at radius 3 is 2.39 bits per heavy atom. The smallest absolute Gasteiger partial charge is 0.357 e. The number of hydrogen-bond donors (Lipinski definition) is 1. The number of fused-ring (bicyclic) bond motifs is 1. The van der Waals surface area contributed by atoms with Gasteiger partial charge in [-0.1, -0.05) is 48.5 Å². The number of esters is 1. The minimum Gasteiger partial charge on any atom is -0.461 e. The van der Waals surface area contributed by atoms with Crippen LogP contribution in [0.4, 0.5) is 5.13 Å². The molecule has 0 fully saturated rings. The van der Waals surface area contributed by atoms with Gasteiger partial charge in [0.05, 0.1) is 16.9 Å². The molecule has 1 aromatic heterocycles. The van der Waals surface area contributed by atoms with Gasteiger partial charge in [-0.05, 0) is 42.5 Å². The lowest BCUT2D eigenvalue weighted by Gasteiger charge is -2.54. The number of benzene rings is 2. The maximum Gasteiger partial charge on any atom is 0.357 e. The maximum atomic E-state index is 13.6. The second kappa shape index (κ2) is 7.18. The van der Waals surface area contributed by atoms with E-state index in [2.05, 4.69) is 34.6 Å². The number of ether oxygens (including phenoxy) is 1. The summed E-state index contributed by atoms with van der Waals surface area (Å²) in [6, 6.07) is 16.2. The first-order valence-electron chi connectivity index (χ1n) is 10.2. The molecular formula is C24H21ClN2O3S. The molecule has 6 rings (SSSR count). The van der Waals surface area contributed by atoms with Crippen molar-refractivity contribution in [2.45, 2.75) is 31.1 Å². The van der Waals surface area contributed by atoms with Gasteiger partial charge in [0.2, 0.25) is 5.91 Å². The van der Waals surface area contributed by atoms with Crippen molar-refractivity contribution in [3.63, 3.8) is 0 Å². The van der Waals surface area contributed by atoms with Crippen LogP contribution in [-0.2, 0) is 14.4 Å². The van der Waals surface area contributed by atoms with Crippen LogP contribution in [0.15, 0.2) is 53.9 Å². The molecule has 0 spiro atoms. The number of aromatic nitrogens is 1. The van der Waals surface area contributed by atoms with Crippen molar-refractivity contribution in [2.24, 2.45) is 5.41 Å². The summed E-state index contributed by atoms with van der Waals surface area (Å²) in [4.78, 5) is 29.0. The Hall–Kier alpha value is -2.70. The Balaban J connectivity index is 1.53. The van der Waals surface area contributed by atoms with E-state index < -0.39 is 16.3 Å². The van der Waals surface area contributed by atoms with E-state index >= 15 is 0 Å². The van der Waals surface area contributed by atoms with Crippen molar-refractivity contribution < 1.29 is 14.3 Å². The number of carbonyl (C=O) groups excluding carboxylic acids is 2. The van der Waals surface area contributed by atoms with Gasteiger partial charge in [0.1, 0.15) is 0 Å². The van der Waals surface area contributed by atoms with Crippen molar-refractivity contribution >= 4 is 39.9 Å². The number of anilines is 1. The molecule has 3 aromatic rings. The van der Waals surface area contributed by atoms with Crippen molar-refractivity contribution in [3.05, 3.63) is 81.9 Å². The second-order valence-electron chi connectivity index (χ2n) is 8.22. The average molecular weight is 453 g/mol. The third kappa shape index (κ3) is 2.92. The molecule has 7 heteroatoms. The number of thiazole rings is 1. The van der Waals surface area contributed by atoms with Crippen molar-refractivity contribution in [1.82, 2.24) is 4.98 Å². The highest BCUT2D eigenvalue weighted by molar-refractivity contribution is 7.14. The van der Waals surface area contributed by atoms with Crippen LogP contribution in [0.3, 0.4) is 0 Å². The molecule has 3 aliphatic carbocycles. The topological polar surface area (TPSA) is 68.3 Å². The lowest BCUT2D eigenvalue weighted by molar-refractivity contribution is -0.127. The third-order valence-electron chi connectivity index (χ3n) is 6.37. The van der Waals surface area contributed by atoms with Gasteiger partial charge in [-0.3, -0.25) is 4.79 Å². The number of amides is 1. The Kier molecular flexibility index (Phi) is 4.68. The van der Waals surface area contributed by atoms with Crippen LogP contribution in [0.1, 0.15) is 58.9 Å². The molecule has 31 heavy (non-hydrogen) atoms. The van der Waals surface area contributed by atoms with E-state index in [0.717, 1.165) is 22.3 Å². The first kappa shape index (κ1) is 20.2. The van der Waals surface area contributed by atoms with E-state index in [1.54, 1.807) is 12.3 Å². The fraction of sp³-hybridized carbons (Fsp3) is 0.292. The van der Waals surface area contributed by atoms with E-state index in [-0.39, 0.29) is 24.1 Å². The number of nitrogens with one attached hydrogen (secondary N) is 1. The zero-order valence-electron chi connectivity index (χ0n) is 17.1. The monoisotopic (exact) mass is 452 g/mol. The minimum atomic E-state index is -0.778. The van der Waals surface area contributed by atoms with Crippen LogP contribution in [0, 0.1) is 5.41 Å². The van der Waals surface area contributed by atoms with E-state index in [1.807, 2.05) is 31.2 Å². The molecule has 1 N–H and O–H groups in total. The second-order valence-corrected chi connectivity index (χ2v) is 9.72. The quantitative estimate of drug-likeness (QED) is 0.431. The fourth-order valence-electron chi connectivity index (χ4n) is 5.10.